The number of aliphatic carboxylic acids is 1. The molecule has 1 amide bonds. The Morgan fingerprint density at radius 1 is 1.40 bits per heavy atom. The molecule has 6 nitrogen and oxygen atoms in total. The van der Waals surface area contributed by atoms with Crippen LogP contribution in [0.15, 0.2) is 0 Å². The molecule has 1 fully saturated rings. The fourth-order valence-corrected chi connectivity index (χ4v) is 2.70. The minimum Gasteiger partial charge on any atom is -0.480 e. The van der Waals surface area contributed by atoms with Gasteiger partial charge in [0.2, 0.25) is 5.91 Å². The predicted octanol–water partition coefficient (Wildman–Crippen LogP) is 0.857. The van der Waals surface area contributed by atoms with Gasteiger partial charge in [-0.3, -0.25) is 14.5 Å². The molecule has 0 bridgehead atoms. The molecule has 1 unspecified atom stereocenters. The summed E-state index contributed by atoms with van der Waals surface area (Å²) in [5.41, 5.74) is 0. The Kier molecular flexibility index (Phi) is 7.54. The minimum atomic E-state index is -0.879. The van der Waals surface area contributed by atoms with Crippen LogP contribution in [-0.4, -0.2) is 60.8 Å². The van der Waals surface area contributed by atoms with Gasteiger partial charge in [0.25, 0.3) is 0 Å². The summed E-state index contributed by atoms with van der Waals surface area (Å²) >= 11 is 0. The highest BCUT2D eigenvalue weighted by atomic mass is 16.5. The Morgan fingerprint density at radius 2 is 2.05 bits per heavy atom. The molecule has 6 heteroatoms. The SMILES string of the molecule is COCCCNC(=O)C(C)N(CC(=O)O)C1CCCC1. The summed E-state index contributed by atoms with van der Waals surface area (Å²) < 4.78 is 4.93. The highest BCUT2D eigenvalue weighted by Crippen LogP contribution is 2.25. The summed E-state index contributed by atoms with van der Waals surface area (Å²) in [6.07, 6.45) is 4.95. The Labute approximate surface area is 120 Å². The first-order chi connectivity index (χ1) is 9.56. The molecule has 0 radical (unpaired) electrons. The van der Waals surface area contributed by atoms with Crippen molar-refractivity contribution in [2.24, 2.45) is 0 Å². The first kappa shape index (κ1) is 16.9. The molecular weight excluding hydrogens is 260 g/mol. The molecule has 0 aromatic heterocycles. The first-order valence-electron chi connectivity index (χ1n) is 7.30. The van der Waals surface area contributed by atoms with E-state index < -0.39 is 12.0 Å². The van der Waals surface area contributed by atoms with Gasteiger partial charge in [-0.2, -0.15) is 0 Å². The third kappa shape index (κ3) is 5.46. The lowest BCUT2D eigenvalue weighted by molar-refractivity contribution is -0.140. The van der Waals surface area contributed by atoms with E-state index >= 15 is 0 Å². The molecule has 2 N–H and O–H groups in total. The van der Waals surface area contributed by atoms with Crippen LogP contribution in [0.3, 0.4) is 0 Å². The van der Waals surface area contributed by atoms with Gasteiger partial charge in [0.05, 0.1) is 12.6 Å². The average Bonchev–Trinajstić information content (AvgIpc) is 2.93. The van der Waals surface area contributed by atoms with Crippen molar-refractivity contribution in [3.63, 3.8) is 0 Å². The number of amides is 1. The molecular formula is C14H26N2O4. The fourth-order valence-electron chi connectivity index (χ4n) is 2.70. The number of ether oxygens (including phenoxy) is 1. The summed E-state index contributed by atoms with van der Waals surface area (Å²) in [5, 5.41) is 11.9. The second-order valence-electron chi connectivity index (χ2n) is 5.32. The normalized spacial score (nSPS) is 17.4. The molecule has 1 aliphatic rings. The number of carbonyl (C=O) groups is 2. The van der Waals surface area contributed by atoms with Crippen molar-refractivity contribution < 1.29 is 19.4 Å². The van der Waals surface area contributed by atoms with Crippen LogP contribution in [0.1, 0.15) is 39.0 Å². The van der Waals surface area contributed by atoms with Gasteiger partial charge in [0.1, 0.15) is 0 Å². The number of nitrogens with zero attached hydrogens (tertiary/aromatic N) is 1. The van der Waals surface area contributed by atoms with Gasteiger partial charge >= 0.3 is 5.97 Å². The number of nitrogens with one attached hydrogen (secondary N) is 1. The van der Waals surface area contributed by atoms with Gasteiger partial charge in [0.15, 0.2) is 0 Å². The van der Waals surface area contributed by atoms with E-state index in [9.17, 15) is 9.59 Å². The van der Waals surface area contributed by atoms with Gasteiger partial charge in [0, 0.05) is 26.3 Å². The van der Waals surface area contributed by atoms with E-state index in [1.54, 1.807) is 14.0 Å². The third-order valence-electron chi connectivity index (χ3n) is 3.81. The van der Waals surface area contributed by atoms with Crippen LogP contribution in [0.4, 0.5) is 0 Å². The first-order valence-corrected chi connectivity index (χ1v) is 7.30. The number of carbonyl (C=O) groups excluding carboxylic acids is 1. The van der Waals surface area contributed by atoms with Gasteiger partial charge in [-0.15, -0.1) is 0 Å². The largest absolute Gasteiger partial charge is 0.480 e. The molecule has 0 aliphatic heterocycles. The summed E-state index contributed by atoms with van der Waals surface area (Å²) in [7, 11) is 1.62. The maximum absolute atomic E-state index is 12.1. The van der Waals surface area contributed by atoms with E-state index in [-0.39, 0.29) is 18.5 Å². The number of hydrogen-bond donors (Lipinski definition) is 2. The molecule has 0 aromatic rings. The number of rotatable bonds is 9. The van der Waals surface area contributed by atoms with E-state index in [4.69, 9.17) is 9.84 Å². The Bertz CT molecular complexity index is 316. The zero-order valence-electron chi connectivity index (χ0n) is 12.4. The summed E-state index contributed by atoms with van der Waals surface area (Å²) in [6, 6.07) is -0.192. The average molecular weight is 286 g/mol. The predicted molar refractivity (Wildman–Crippen MR) is 75.6 cm³/mol. The van der Waals surface area contributed by atoms with Crippen molar-refractivity contribution in [1.29, 1.82) is 0 Å². The lowest BCUT2D eigenvalue weighted by atomic mass is 10.1. The zero-order valence-corrected chi connectivity index (χ0v) is 12.4. The number of carboxylic acids is 1. The fraction of sp³-hybridized carbons (Fsp3) is 0.857. The van der Waals surface area contributed by atoms with Crippen molar-refractivity contribution in [2.75, 3.05) is 26.8 Å². The number of hydrogen-bond acceptors (Lipinski definition) is 4. The molecule has 0 saturated heterocycles. The molecule has 0 spiro atoms. The van der Waals surface area contributed by atoms with Crippen LogP contribution in [0.5, 0.6) is 0 Å². The highest BCUT2D eigenvalue weighted by molar-refractivity contribution is 5.82. The molecule has 0 heterocycles. The standard InChI is InChI=1S/C14H26N2O4/c1-11(14(19)15-8-5-9-20-2)16(10-13(17)18)12-6-3-4-7-12/h11-12H,3-10H2,1-2H3,(H,15,19)(H,17,18). The van der Waals surface area contributed by atoms with Crippen molar-refractivity contribution in [3.05, 3.63) is 0 Å². The number of methoxy groups -OCH3 is 1. The molecule has 116 valence electrons. The Morgan fingerprint density at radius 3 is 2.60 bits per heavy atom. The smallest absolute Gasteiger partial charge is 0.317 e. The van der Waals surface area contributed by atoms with Crippen molar-refractivity contribution in [2.45, 2.75) is 51.1 Å². The topological polar surface area (TPSA) is 78.9 Å². The molecule has 1 aliphatic carbocycles. The third-order valence-corrected chi connectivity index (χ3v) is 3.81. The molecule has 1 atom stereocenters. The highest BCUT2D eigenvalue weighted by Gasteiger charge is 2.31. The van der Waals surface area contributed by atoms with E-state index in [0.717, 1.165) is 32.1 Å². The van der Waals surface area contributed by atoms with Gasteiger partial charge in [-0.25, -0.2) is 0 Å². The van der Waals surface area contributed by atoms with Crippen LogP contribution >= 0.6 is 0 Å². The zero-order chi connectivity index (χ0) is 15.0. The van der Waals surface area contributed by atoms with Crippen LogP contribution in [0, 0.1) is 0 Å². The van der Waals surface area contributed by atoms with Crippen molar-refractivity contribution >= 4 is 11.9 Å². The molecule has 1 saturated carbocycles. The van der Waals surface area contributed by atoms with Crippen molar-refractivity contribution in [1.82, 2.24) is 10.2 Å². The van der Waals surface area contributed by atoms with E-state index in [2.05, 4.69) is 5.32 Å². The second kappa shape index (κ2) is 8.92. The van der Waals surface area contributed by atoms with Crippen LogP contribution in [0.2, 0.25) is 0 Å². The van der Waals surface area contributed by atoms with Gasteiger partial charge in [-0.05, 0) is 26.2 Å². The van der Waals surface area contributed by atoms with E-state index in [1.807, 2.05) is 4.90 Å². The van der Waals surface area contributed by atoms with Gasteiger partial charge < -0.3 is 15.2 Å². The summed E-state index contributed by atoms with van der Waals surface area (Å²) in [5.74, 6) is -0.981. The summed E-state index contributed by atoms with van der Waals surface area (Å²) in [6.45, 7) is 2.88. The maximum Gasteiger partial charge on any atom is 0.317 e. The number of carboxylic acid groups (broad SMARTS) is 1. The Balaban J connectivity index is 2.50. The second-order valence-corrected chi connectivity index (χ2v) is 5.32. The molecule has 20 heavy (non-hydrogen) atoms. The molecule has 1 rings (SSSR count). The lowest BCUT2D eigenvalue weighted by Gasteiger charge is -2.32. The van der Waals surface area contributed by atoms with Crippen LogP contribution in [-0.2, 0) is 14.3 Å². The quantitative estimate of drug-likeness (QED) is 0.615. The lowest BCUT2D eigenvalue weighted by Crippen LogP contribution is -2.51. The molecule has 0 aromatic carbocycles. The van der Waals surface area contributed by atoms with Crippen LogP contribution in [0.25, 0.3) is 0 Å². The van der Waals surface area contributed by atoms with Gasteiger partial charge in [-0.1, -0.05) is 12.8 Å². The van der Waals surface area contributed by atoms with E-state index in [1.165, 1.54) is 0 Å². The Hall–Kier alpha value is -1.14. The van der Waals surface area contributed by atoms with E-state index in [0.29, 0.717) is 13.2 Å². The minimum absolute atomic E-state index is 0.0721. The summed E-state index contributed by atoms with van der Waals surface area (Å²) in [4.78, 5) is 24.9. The van der Waals surface area contributed by atoms with Crippen LogP contribution < -0.4 is 5.32 Å². The monoisotopic (exact) mass is 286 g/mol. The van der Waals surface area contributed by atoms with Crippen molar-refractivity contribution in [3.8, 4) is 0 Å². The maximum atomic E-state index is 12.1.